The van der Waals surface area contributed by atoms with Gasteiger partial charge in [-0.3, -0.25) is 14.2 Å². The van der Waals surface area contributed by atoms with E-state index in [0.29, 0.717) is 49.6 Å². The van der Waals surface area contributed by atoms with Gasteiger partial charge in [-0.15, -0.1) is 0 Å². The summed E-state index contributed by atoms with van der Waals surface area (Å²) >= 11 is 0. The molecule has 1 unspecified atom stereocenters. The van der Waals surface area contributed by atoms with Crippen LogP contribution in [0.1, 0.15) is 37.5 Å². The molecule has 0 N–H and O–H groups in total. The second kappa shape index (κ2) is 8.41. The molecule has 7 heteroatoms. The predicted molar refractivity (Wildman–Crippen MR) is 105 cm³/mol. The fourth-order valence-electron chi connectivity index (χ4n) is 4.32. The fourth-order valence-corrected chi connectivity index (χ4v) is 4.32. The zero-order chi connectivity index (χ0) is 19.5. The Bertz CT molecular complexity index is 904. The molecule has 2 fully saturated rings. The molecule has 1 amide bonds. The standard InChI is InChI=1S/C21H27N3O4/c1-27-14-11-24-19(22-17-6-3-2-5-16(17)21(24)26)18-7-4-10-23(18)20(25)15-8-12-28-13-9-15/h2-3,5-6,15,18H,4,7-14H2,1H3. The van der Waals surface area contributed by atoms with Crippen molar-refractivity contribution >= 4 is 16.8 Å². The summed E-state index contributed by atoms with van der Waals surface area (Å²) in [6, 6.07) is 7.24. The Kier molecular flexibility index (Phi) is 5.73. The van der Waals surface area contributed by atoms with Crippen LogP contribution in [-0.4, -0.2) is 53.8 Å². The van der Waals surface area contributed by atoms with Crippen molar-refractivity contribution in [2.75, 3.05) is 33.5 Å². The zero-order valence-corrected chi connectivity index (χ0v) is 16.3. The number of nitrogens with zero attached hydrogens (tertiary/aromatic N) is 3. The Morgan fingerprint density at radius 3 is 2.82 bits per heavy atom. The molecular formula is C21H27N3O4. The van der Waals surface area contributed by atoms with Crippen LogP contribution in [0.15, 0.2) is 29.1 Å². The second-order valence-corrected chi connectivity index (χ2v) is 7.51. The van der Waals surface area contributed by atoms with Crippen molar-refractivity contribution in [2.45, 2.75) is 38.3 Å². The zero-order valence-electron chi connectivity index (χ0n) is 16.3. The van der Waals surface area contributed by atoms with E-state index in [4.69, 9.17) is 14.5 Å². The van der Waals surface area contributed by atoms with Crippen LogP contribution in [0.5, 0.6) is 0 Å². The van der Waals surface area contributed by atoms with E-state index in [1.54, 1.807) is 17.7 Å². The SMILES string of the molecule is COCCn1c(C2CCCN2C(=O)C2CCOCC2)nc2ccccc2c1=O. The highest BCUT2D eigenvalue weighted by molar-refractivity contribution is 5.80. The Hall–Kier alpha value is -2.25. The number of hydrogen-bond donors (Lipinski definition) is 0. The van der Waals surface area contributed by atoms with E-state index in [2.05, 4.69) is 0 Å². The van der Waals surface area contributed by atoms with E-state index in [1.165, 1.54) is 0 Å². The molecule has 3 heterocycles. The predicted octanol–water partition coefficient (Wildman–Crippen LogP) is 2.13. The molecular weight excluding hydrogens is 358 g/mol. The fraction of sp³-hybridized carbons (Fsp3) is 0.571. The number of para-hydroxylation sites is 1. The summed E-state index contributed by atoms with van der Waals surface area (Å²) < 4.78 is 12.3. The third kappa shape index (κ3) is 3.56. The summed E-state index contributed by atoms with van der Waals surface area (Å²) in [4.78, 5) is 33.1. The first-order valence-electron chi connectivity index (χ1n) is 10.1. The van der Waals surface area contributed by atoms with Gasteiger partial charge in [0, 0.05) is 32.8 Å². The van der Waals surface area contributed by atoms with Crippen molar-refractivity contribution < 1.29 is 14.3 Å². The molecule has 28 heavy (non-hydrogen) atoms. The first kappa shape index (κ1) is 19.1. The van der Waals surface area contributed by atoms with Gasteiger partial charge in [0.1, 0.15) is 5.82 Å². The average Bonchev–Trinajstić information content (AvgIpc) is 3.23. The minimum atomic E-state index is -0.162. The summed E-state index contributed by atoms with van der Waals surface area (Å²) in [6.45, 7) is 2.85. The molecule has 2 aliphatic heterocycles. The van der Waals surface area contributed by atoms with E-state index < -0.39 is 0 Å². The third-order valence-electron chi connectivity index (χ3n) is 5.81. The van der Waals surface area contributed by atoms with Gasteiger partial charge < -0.3 is 14.4 Å². The van der Waals surface area contributed by atoms with Crippen molar-refractivity contribution in [1.82, 2.24) is 14.5 Å². The first-order chi connectivity index (χ1) is 13.7. The third-order valence-corrected chi connectivity index (χ3v) is 5.81. The number of amides is 1. The topological polar surface area (TPSA) is 73.7 Å². The molecule has 4 rings (SSSR count). The van der Waals surface area contributed by atoms with Crippen LogP contribution in [0.3, 0.4) is 0 Å². The van der Waals surface area contributed by atoms with Crippen LogP contribution >= 0.6 is 0 Å². The van der Waals surface area contributed by atoms with Crippen LogP contribution in [0, 0.1) is 5.92 Å². The number of fused-ring (bicyclic) bond motifs is 1. The summed E-state index contributed by atoms with van der Waals surface area (Å²) in [7, 11) is 1.62. The van der Waals surface area contributed by atoms with Crippen molar-refractivity contribution in [1.29, 1.82) is 0 Å². The highest BCUT2D eigenvalue weighted by atomic mass is 16.5. The maximum Gasteiger partial charge on any atom is 0.261 e. The van der Waals surface area contributed by atoms with E-state index in [-0.39, 0.29) is 23.4 Å². The lowest BCUT2D eigenvalue weighted by Gasteiger charge is -2.31. The lowest BCUT2D eigenvalue weighted by Crippen LogP contribution is -2.40. The van der Waals surface area contributed by atoms with Gasteiger partial charge in [0.05, 0.1) is 30.1 Å². The number of likely N-dealkylation sites (tertiary alicyclic amines) is 1. The van der Waals surface area contributed by atoms with Crippen molar-refractivity contribution in [3.8, 4) is 0 Å². The molecule has 0 spiro atoms. The van der Waals surface area contributed by atoms with Gasteiger partial charge in [-0.1, -0.05) is 12.1 Å². The van der Waals surface area contributed by atoms with Crippen molar-refractivity contribution in [3.05, 3.63) is 40.4 Å². The summed E-state index contributed by atoms with van der Waals surface area (Å²) in [5.74, 6) is 0.860. The Morgan fingerprint density at radius 1 is 1.25 bits per heavy atom. The molecule has 1 aromatic heterocycles. The largest absolute Gasteiger partial charge is 0.383 e. The number of carbonyl (C=O) groups excluding carboxylic acids is 1. The number of methoxy groups -OCH3 is 1. The van der Waals surface area contributed by atoms with Crippen LogP contribution in [-0.2, 0) is 20.8 Å². The monoisotopic (exact) mass is 385 g/mol. The van der Waals surface area contributed by atoms with Gasteiger partial charge in [0.2, 0.25) is 5.91 Å². The molecule has 1 aromatic carbocycles. The number of aromatic nitrogens is 2. The molecule has 1 atom stereocenters. The number of hydrogen-bond acceptors (Lipinski definition) is 5. The van der Waals surface area contributed by atoms with Crippen LogP contribution < -0.4 is 5.56 Å². The van der Waals surface area contributed by atoms with Gasteiger partial charge in [0.25, 0.3) is 5.56 Å². The molecule has 0 radical (unpaired) electrons. The number of carbonyl (C=O) groups is 1. The van der Waals surface area contributed by atoms with Crippen LogP contribution in [0.4, 0.5) is 0 Å². The van der Waals surface area contributed by atoms with E-state index in [0.717, 1.165) is 25.7 Å². The van der Waals surface area contributed by atoms with E-state index in [1.807, 2.05) is 23.1 Å². The normalized spacial score (nSPS) is 20.8. The maximum absolute atomic E-state index is 13.2. The maximum atomic E-state index is 13.2. The van der Waals surface area contributed by atoms with E-state index >= 15 is 0 Å². The van der Waals surface area contributed by atoms with Gasteiger partial charge >= 0.3 is 0 Å². The molecule has 0 aliphatic carbocycles. The van der Waals surface area contributed by atoms with Gasteiger partial charge in [-0.05, 0) is 37.8 Å². The summed E-state index contributed by atoms with van der Waals surface area (Å²) in [5.41, 5.74) is 0.615. The Labute approximate surface area is 164 Å². The highest BCUT2D eigenvalue weighted by Gasteiger charge is 2.37. The molecule has 7 nitrogen and oxygen atoms in total. The van der Waals surface area contributed by atoms with Crippen LogP contribution in [0.2, 0.25) is 0 Å². The lowest BCUT2D eigenvalue weighted by molar-refractivity contribution is -0.139. The minimum Gasteiger partial charge on any atom is -0.383 e. The number of rotatable bonds is 5. The number of benzene rings is 1. The molecule has 2 aromatic rings. The summed E-state index contributed by atoms with van der Waals surface area (Å²) in [6.07, 6.45) is 3.28. The van der Waals surface area contributed by atoms with Gasteiger partial charge in [-0.25, -0.2) is 4.98 Å². The first-order valence-corrected chi connectivity index (χ1v) is 10.1. The molecule has 2 aliphatic rings. The van der Waals surface area contributed by atoms with Gasteiger partial charge in [0.15, 0.2) is 0 Å². The quantitative estimate of drug-likeness (QED) is 0.788. The van der Waals surface area contributed by atoms with Crippen molar-refractivity contribution in [3.63, 3.8) is 0 Å². The minimum absolute atomic E-state index is 0.00829. The van der Waals surface area contributed by atoms with E-state index in [9.17, 15) is 9.59 Å². The molecule has 150 valence electrons. The summed E-state index contributed by atoms with van der Waals surface area (Å²) in [5, 5.41) is 0.600. The second-order valence-electron chi connectivity index (χ2n) is 7.51. The Balaban J connectivity index is 1.73. The molecule has 2 saturated heterocycles. The average molecular weight is 385 g/mol. The van der Waals surface area contributed by atoms with Crippen molar-refractivity contribution in [2.24, 2.45) is 5.92 Å². The van der Waals surface area contributed by atoms with Gasteiger partial charge in [-0.2, -0.15) is 0 Å². The number of ether oxygens (including phenoxy) is 2. The Morgan fingerprint density at radius 2 is 2.04 bits per heavy atom. The smallest absolute Gasteiger partial charge is 0.261 e. The van der Waals surface area contributed by atoms with Crippen LogP contribution in [0.25, 0.3) is 10.9 Å². The highest BCUT2D eigenvalue weighted by Crippen LogP contribution is 2.33. The molecule has 0 saturated carbocycles. The lowest BCUT2D eigenvalue weighted by atomic mass is 9.98. The molecule has 0 bridgehead atoms.